The summed E-state index contributed by atoms with van der Waals surface area (Å²) in [4.78, 5) is 12.7. The molecule has 2 aromatic rings. The first-order valence-corrected chi connectivity index (χ1v) is 7.18. The fraction of sp³-hybridized carbons (Fsp3) is 0.375. The van der Waals surface area contributed by atoms with Gasteiger partial charge in [-0.3, -0.25) is 10.00 Å². The van der Waals surface area contributed by atoms with Gasteiger partial charge >= 0.3 is 5.97 Å². The van der Waals surface area contributed by atoms with Crippen molar-refractivity contribution in [3.8, 4) is 0 Å². The highest BCUT2D eigenvalue weighted by Crippen LogP contribution is 2.25. The Bertz CT molecular complexity index is 554. The van der Waals surface area contributed by atoms with E-state index in [2.05, 4.69) is 10.4 Å². The van der Waals surface area contributed by atoms with Crippen LogP contribution >= 0.6 is 0 Å². The number of likely N-dealkylation sites (N-methyl/N-ethyl adjacent to an activating group) is 1. The molecule has 0 saturated heterocycles. The van der Waals surface area contributed by atoms with Gasteiger partial charge in [0, 0.05) is 12.4 Å². The third-order valence-electron chi connectivity index (χ3n) is 3.33. The summed E-state index contributed by atoms with van der Waals surface area (Å²) in [5.41, 5.74) is -0.0568. The van der Waals surface area contributed by atoms with Crippen LogP contribution in [0.4, 0.5) is 0 Å². The summed E-state index contributed by atoms with van der Waals surface area (Å²) >= 11 is 0. The lowest BCUT2D eigenvalue weighted by atomic mass is 9.89. The number of esters is 1. The van der Waals surface area contributed by atoms with E-state index in [4.69, 9.17) is 4.74 Å². The lowest BCUT2D eigenvalue weighted by molar-refractivity contribution is -0.152. The molecule has 0 fully saturated rings. The minimum Gasteiger partial charge on any atom is -0.464 e. The summed E-state index contributed by atoms with van der Waals surface area (Å²) in [7, 11) is 0. The molecule has 2 rings (SSSR count). The number of nitrogens with zero attached hydrogens (tertiary/aromatic N) is 2. The standard InChI is InChI=1S/C16H21N3O2/c1-3-17-16(15(20)21-4-2,13-19-12-8-11-18-19)14-9-6-5-7-10-14/h5-12,17H,3-4,13H2,1-2H3. The molecule has 0 saturated carbocycles. The fourth-order valence-corrected chi connectivity index (χ4v) is 2.42. The van der Waals surface area contributed by atoms with Crippen LogP contribution in [-0.2, 0) is 21.6 Å². The SMILES string of the molecule is CCNC(Cn1cccn1)(C(=O)OCC)c1ccccc1. The molecule has 0 bridgehead atoms. The Balaban J connectivity index is 2.45. The minimum absolute atomic E-state index is 0.284. The maximum absolute atomic E-state index is 12.7. The van der Waals surface area contributed by atoms with Crippen LogP contribution in [0.2, 0.25) is 0 Å². The third-order valence-corrected chi connectivity index (χ3v) is 3.33. The molecule has 0 radical (unpaired) electrons. The Labute approximate surface area is 124 Å². The van der Waals surface area contributed by atoms with Crippen molar-refractivity contribution in [3.63, 3.8) is 0 Å². The topological polar surface area (TPSA) is 56.2 Å². The summed E-state index contributed by atoms with van der Waals surface area (Å²) in [5, 5.41) is 7.52. The normalized spacial score (nSPS) is 13.6. The van der Waals surface area contributed by atoms with Gasteiger partial charge in [-0.25, -0.2) is 4.79 Å². The molecule has 5 nitrogen and oxygen atoms in total. The van der Waals surface area contributed by atoms with Crippen molar-refractivity contribution in [1.29, 1.82) is 0 Å². The van der Waals surface area contributed by atoms with E-state index in [1.807, 2.05) is 56.4 Å². The van der Waals surface area contributed by atoms with Gasteiger partial charge in [0.15, 0.2) is 5.54 Å². The number of hydrogen-bond acceptors (Lipinski definition) is 4. The van der Waals surface area contributed by atoms with Gasteiger partial charge in [-0.2, -0.15) is 5.10 Å². The smallest absolute Gasteiger partial charge is 0.332 e. The van der Waals surface area contributed by atoms with Crippen molar-refractivity contribution in [2.24, 2.45) is 0 Å². The Morgan fingerprint density at radius 1 is 1.29 bits per heavy atom. The third kappa shape index (κ3) is 3.31. The van der Waals surface area contributed by atoms with Crippen molar-refractivity contribution in [2.75, 3.05) is 13.2 Å². The van der Waals surface area contributed by atoms with Gasteiger partial charge in [0.2, 0.25) is 0 Å². The number of aromatic nitrogens is 2. The summed E-state index contributed by atoms with van der Waals surface area (Å²) in [5.74, 6) is -0.284. The van der Waals surface area contributed by atoms with Gasteiger partial charge in [0.05, 0.1) is 13.2 Å². The fourth-order valence-electron chi connectivity index (χ4n) is 2.42. The molecule has 0 aliphatic heterocycles. The Morgan fingerprint density at radius 2 is 2.05 bits per heavy atom. The summed E-state index contributed by atoms with van der Waals surface area (Å²) in [6.07, 6.45) is 3.54. The van der Waals surface area contributed by atoms with Crippen LogP contribution in [-0.4, -0.2) is 28.9 Å². The maximum atomic E-state index is 12.7. The van der Waals surface area contributed by atoms with E-state index < -0.39 is 5.54 Å². The zero-order valence-electron chi connectivity index (χ0n) is 12.5. The van der Waals surface area contributed by atoms with E-state index >= 15 is 0 Å². The molecule has 0 amide bonds. The van der Waals surface area contributed by atoms with E-state index in [-0.39, 0.29) is 5.97 Å². The van der Waals surface area contributed by atoms with Crippen LogP contribution in [0.5, 0.6) is 0 Å². The van der Waals surface area contributed by atoms with Crippen LogP contribution in [0, 0.1) is 0 Å². The molecule has 0 aliphatic carbocycles. The minimum atomic E-state index is -0.933. The predicted octanol–water partition coefficient (Wildman–Crippen LogP) is 1.95. The van der Waals surface area contributed by atoms with Crippen molar-refractivity contribution >= 4 is 5.97 Å². The second kappa shape index (κ2) is 7.04. The molecule has 1 N–H and O–H groups in total. The monoisotopic (exact) mass is 287 g/mol. The van der Waals surface area contributed by atoms with Gasteiger partial charge in [0.1, 0.15) is 0 Å². The van der Waals surface area contributed by atoms with Crippen molar-refractivity contribution in [2.45, 2.75) is 25.9 Å². The Kier molecular flexibility index (Phi) is 5.11. The van der Waals surface area contributed by atoms with Crippen LogP contribution in [0.1, 0.15) is 19.4 Å². The lowest BCUT2D eigenvalue weighted by Crippen LogP contribution is -2.53. The number of hydrogen-bond donors (Lipinski definition) is 1. The van der Waals surface area contributed by atoms with Crippen LogP contribution in [0.3, 0.4) is 0 Å². The quantitative estimate of drug-likeness (QED) is 0.791. The number of ether oxygens (including phenoxy) is 1. The van der Waals surface area contributed by atoms with E-state index in [0.29, 0.717) is 19.7 Å². The van der Waals surface area contributed by atoms with E-state index in [1.165, 1.54) is 0 Å². The van der Waals surface area contributed by atoms with E-state index in [9.17, 15) is 4.79 Å². The van der Waals surface area contributed by atoms with E-state index in [0.717, 1.165) is 5.56 Å². The highest BCUT2D eigenvalue weighted by Gasteiger charge is 2.41. The summed E-state index contributed by atoms with van der Waals surface area (Å²) in [6.45, 7) is 5.16. The molecule has 0 spiro atoms. The lowest BCUT2D eigenvalue weighted by Gasteiger charge is -2.32. The molecule has 1 heterocycles. The van der Waals surface area contributed by atoms with Crippen LogP contribution in [0.15, 0.2) is 48.8 Å². The summed E-state index contributed by atoms with van der Waals surface area (Å²) < 4.78 is 7.06. The molecular weight excluding hydrogens is 266 g/mol. The van der Waals surface area contributed by atoms with Crippen molar-refractivity contribution in [1.82, 2.24) is 15.1 Å². The van der Waals surface area contributed by atoms with Gasteiger partial charge in [-0.1, -0.05) is 37.3 Å². The number of benzene rings is 1. The molecule has 1 unspecified atom stereocenters. The molecule has 21 heavy (non-hydrogen) atoms. The second-order valence-corrected chi connectivity index (χ2v) is 4.73. The summed E-state index contributed by atoms with van der Waals surface area (Å²) in [6, 6.07) is 11.5. The van der Waals surface area contributed by atoms with Crippen molar-refractivity contribution in [3.05, 3.63) is 54.4 Å². The van der Waals surface area contributed by atoms with E-state index in [1.54, 1.807) is 10.9 Å². The van der Waals surface area contributed by atoms with Crippen LogP contribution < -0.4 is 5.32 Å². The average Bonchev–Trinajstić information content (AvgIpc) is 3.00. The van der Waals surface area contributed by atoms with Crippen molar-refractivity contribution < 1.29 is 9.53 Å². The first-order chi connectivity index (χ1) is 10.2. The zero-order valence-corrected chi connectivity index (χ0v) is 12.5. The Hall–Kier alpha value is -2.14. The first-order valence-electron chi connectivity index (χ1n) is 7.18. The van der Waals surface area contributed by atoms with Gasteiger partial charge in [-0.05, 0) is 25.1 Å². The number of nitrogens with one attached hydrogen (secondary N) is 1. The zero-order chi connectivity index (χ0) is 15.1. The van der Waals surface area contributed by atoms with Gasteiger partial charge in [0.25, 0.3) is 0 Å². The molecule has 1 atom stereocenters. The maximum Gasteiger partial charge on any atom is 0.332 e. The highest BCUT2D eigenvalue weighted by atomic mass is 16.5. The molecule has 1 aromatic carbocycles. The second-order valence-electron chi connectivity index (χ2n) is 4.73. The predicted molar refractivity (Wildman–Crippen MR) is 80.7 cm³/mol. The Morgan fingerprint density at radius 3 is 2.62 bits per heavy atom. The molecule has 112 valence electrons. The van der Waals surface area contributed by atoms with Gasteiger partial charge < -0.3 is 4.74 Å². The molecular formula is C16H21N3O2. The van der Waals surface area contributed by atoms with Crippen LogP contribution in [0.25, 0.3) is 0 Å². The van der Waals surface area contributed by atoms with Gasteiger partial charge in [-0.15, -0.1) is 0 Å². The molecule has 1 aromatic heterocycles. The average molecular weight is 287 g/mol. The number of carbonyl (C=O) groups is 1. The molecule has 5 heteroatoms. The largest absolute Gasteiger partial charge is 0.464 e. The number of rotatable bonds is 7. The highest BCUT2D eigenvalue weighted by molar-refractivity contribution is 5.82. The number of carbonyl (C=O) groups excluding carboxylic acids is 1. The molecule has 0 aliphatic rings. The first kappa shape index (κ1) is 15.3.